The van der Waals surface area contributed by atoms with Crippen LogP contribution in [0.4, 0.5) is 5.69 Å². The summed E-state index contributed by atoms with van der Waals surface area (Å²) >= 11 is 0. The van der Waals surface area contributed by atoms with Gasteiger partial charge in [-0.15, -0.1) is 0 Å². The molecule has 1 aliphatic carbocycles. The van der Waals surface area contributed by atoms with Crippen LogP contribution in [0.5, 0.6) is 0 Å². The number of hydrogen-bond donors (Lipinski definition) is 1. The van der Waals surface area contributed by atoms with Gasteiger partial charge in [0.15, 0.2) is 0 Å². The molecule has 0 atom stereocenters. The molecule has 0 unspecified atom stereocenters. The minimum absolute atomic E-state index is 0.0189. The average Bonchev–Trinajstić information content (AvgIpc) is 3.01. The van der Waals surface area contributed by atoms with Crippen molar-refractivity contribution in [2.75, 3.05) is 38.1 Å². The first-order chi connectivity index (χ1) is 10.2. The standard InChI is InChI=1S/C16H24N4O/c1-19-6-8-20(9-7-19)15-10-13(11-17-12-15)16(21)18-14-4-2-3-5-14/h10-12,14H,2-9H2,1H3,(H,18,21). The molecule has 1 saturated carbocycles. The maximum atomic E-state index is 12.3. The van der Waals surface area contributed by atoms with E-state index in [1.165, 1.54) is 12.8 Å². The van der Waals surface area contributed by atoms with Gasteiger partial charge in [0.05, 0.1) is 17.4 Å². The van der Waals surface area contributed by atoms with Crippen LogP contribution in [0.3, 0.4) is 0 Å². The predicted octanol–water partition coefficient (Wildman–Crippen LogP) is 1.51. The lowest BCUT2D eigenvalue weighted by atomic mass is 10.2. The van der Waals surface area contributed by atoms with Crippen molar-refractivity contribution in [1.29, 1.82) is 0 Å². The number of amides is 1. The molecule has 0 radical (unpaired) electrons. The molecule has 5 nitrogen and oxygen atoms in total. The fraction of sp³-hybridized carbons (Fsp3) is 0.625. The van der Waals surface area contributed by atoms with Crippen LogP contribution in [-0.4, -0.2) is 55.1 Å². The van der Waals surface area contributed by atoms with Gasteiger partial charge in [-0.05, 0) is 26.0 Å². The molecule has 21 heavy (non-hydrogen) atoms. The van der Waals surface area contributed by atoms with Gasteiger partial charge in [-0.1, -0.05) is 12.8 Å². The lowest BCUT2D eigenvalue weighted by Crippen LogP contribution is -2.44. The topological polar surface area (TPSA) is 48.5 Å². The van der Waals surface area contributed by atoms with Gasteiger partial charge in [-0.25, -0.2) is 0 Å². The van der Waals surface area contributed by atoms with Crippen molar-refractivity contribution in [1.82, 2.24) is 15.2 Å². The first-order valence-electron chi connectivity index (χ1n) is 7.92. The van der Waals surface area contributed by atoms with Gasteiger partial charge in [0.2, 0.25) is 0 Å². The van der Waals surface area contributed by atoms with Crippen LogP contribution in [0.15, 0.2) is 18.5 Å². The molecule has 1 amide bonds. The molecule has 2 fully saturated rings. The number of carbonyl (C=O) groups is 1. The van der Waals surface area contributed by atoms with Crippen molar-refractivity contribution in [3.8, 4) is 0 Å². The highest BCUT2D eigenvalue weighted by Crippen LogP contribution is 2.19. The van der Waals surface area contributed by atoms with E-state index in [0.717, 1.165) is 44.7 Å². The van der Waals surface area contributed by atoms with Crippen molar-refractivity contribution in [2.45, 2.75) is 31.7 Å². The maximum absolute atomic E-state index is 12.3. The van der Waals surface area contributed by atoms with Crippen molar-refractivity contribution in [2.24, 2.45) is 0 Å². The Morgan fingerprint density at radius 3 is 2.62 bits per heavy atom. The molecule has 1 aromatic heterocycles. The molecule has 1 N–H and O–H groups in total. The number of pyridine rings is 1. The molecule has 0 aromatic carbocycles. The van der Waals surface area contributed by atoms with Gasteiger partial charge >= 0.3 is 0 Å². The fourth-order valence-electron chi connectivity index (χ4n) is 3.13. The number of carbonyl (C=O) groups excluding carboxylic acids is 1. The number of likely N-dealkylation sites (N-methyl/N-ethyl adjacent to an activating group) is 1. The quantitative estimate of drug-likeness (QED) is 0.916. The lowest BCUT2D eigenvalue weighted by molar-refractivity contribution is 0.0937. The Morgan fingerprint density at radius 2 is 1.90 bits per heavy atom. The molecule has 3 rings (SSSR count). The maximum Gasteiger partial charge on any atom is 0.253 e. The number of anilines is 1. The van der Waals surface area contributed by atoms with E-state index in [1.54, 1.807) is 6.20 Å². The Hall–Kier alpha value is -1.62. The summed E-state index contributed by atoms with van der Waals surface area (Å²) in [6.07, 6.45) is 8.20. The third-order valence-corrected chi connectivity index (χ3v) is 4.54. The van der Waals surface area contributed by atoms with Crippen LogP contribution >= 0.6 is 0 Å². The summed E-state index contributed by atoms with van der Waals surface area (Å²) in [7, 11) is 2.14. The van der Waals surface area contributed by atoms with E-state index in [9.17, 15) is 4.79 Å². The van der Waals surface area contributed by atoms with Crippen LogP contribution in [0.1, 0.15) is 36.0 Å². The van der Waals surface area contributed by atoms with Crippen LogP contribution < -0.4 is 10.2 Å². The van der Waals surface area contributed by atoms with Gasteiger partial charge in [-0.3, -0.25) is 9.78 Å². The summed E-state index contributed by atoms with van der Waals surface area (Å²) in [5.74, 6) is 0.0189. The molecule has 0 bridgehead atoms. The van der Waals surface area contributed by atoms with Crippen LogP contribution in [-0.2, 0) is 0 Å². The van der Waals surface area contributed by atoms with Crippen molar-refractivity contribution >= 4 is 11.6 Å². The molecular weight excluding hydrogens is 264 g/mol. The molecule has 5 heteroatoms. The fourth-order valence-corrected chi connectivity index (χ4v) is 3.13. The molecule has 2 heterocycles. The largest absolute Gasteiger partial charge is 0.368 e. The predicted molar refractivity (Wildman–Crippen MR) is 83.7 cm³/mol. The summed E-state index contributed by atoms with van der Waals surface area (Å²) in [5, 5.41) is 3.13. The number of rotatable bonds is 3. The van der Waals surface area contributed by atoms with Gasteiger partial charge < -0.3 is 15.1 Å². The second kappa shape index (κ2) is 6.43. The smallest absolute Gasteiger partial charge is 0.253 e. The summed E-state index contributed by atoms with van der Waals surface area (Å²) in [6.45, 7) is 4.09. The zero-order valence-corrected chi connectivity index (χ0v) is 12.7. The Morgan fingerprint density at radius 1 is 1.19 bits per heavy atom. The number of nitrogens with zero attached hydrogens (tertiary/aromatic N) is 3. The molecule has 1 saturated heterocycles. The van der Waals surface area contributed by atoms with Crippen LogP contribution in [0, 0.1) is 0 Å². The van der Waals surface area contributed by atoms with Crippen molar-refractivity contribution < 1.29 is 4.79 Å². The third-order valence-electron chi connectivity index (χ3n) is 4.54. The Bertz CT molecular complexity index is 491. The Kier molecular flexibility index (Phi) is 4.39. The Balaban J connectivity index is 1.66. The summed E-state index contributed by atoms with van der Waals surface area (Å²) in [6, 6.07) is 2.33. The molecule has 0 spiro atoms. The number of nitrogens with one attached hydrogen (secondary N) is 1. The summed E-state index contributed by atoms with van der Waals surface area (Å²) < 4.78 is 0. The zero-order valence-electron chi connectivity index (χ0n) is 12.7. The average molecular weight is 288 g/mol. The van der Waals surface area contributed by atoms with E-state index < -0.39 is 0 Å². The highest BCUT2D eigenvalue weighted by molar-refractivity contribution is 5.95. The first kappa shape index (κ1) is 14.3. The monoisotopic (exact) mass is 288 g/mol. The van der Waals surface area contributed by atoms with Crippen molar-refractivity contribution in [3.63, 3.8) is 0 Å². The third kappa shape index (κ3) is 3.53. The molecule has 114 valence electrons. The first-order valence-corrected chi connectivity index (χ1v) is 7.92. The van der Waals surface area contributed by atoms with E-state index >= 15 is 0 Å². The minimum atomic E-state index is 0.0189. The number of piperazine rings is 1. The van der Waals surface area contributed by atoms with E-state index in [1.807, 2.05) is 12.3 Å². The van der Waals surface area contributed by atoms with Gasteiger partial charge in [-0.2, -0.15) is 0 Å². The lowest BCUT2D eigenvalue weighted by Gasteiger charge is -2.33. The Labute approximate surface area is 126 Å². The number of aromatic nitrogens is 1. The minimum Gasteiger partial charge on any atom is -0.368 e. The highest BCUT2D eigenvalue weighted by Gasteiger charge is 2.19. The van der Waals surface area contributed by atoms with Gasteiger partial charge in [0.1, 0.15) is 0 Å². The molecule has 2 aliphatic rings. The second-order valence-corrected chi connectivity index (χ2v) is 6.18. The van der Waals surface area contributed by atoms with Gasteiger partial charge in [0.25, 0.3) is 5.91 Å². The van der Waals surface area contributed by atoms with E-state index in [4.69, 9.17) is 0 Å². The normalized spacial score (nSPS) is 20.7. The van der Waals surface area contributed by atoms with Crippen molar-refractivity contribution in [3.05, 3.63) is 24.0 Å². The summed E-state index contributed by atoms with van der Waals surface area (Å²) in [4.78, 5) is 21.2. The molecule has 1 aromatic rings. The highest BCUT2D eigenvalue weighted by atomic mass is 16.1. The van der Waals surface area contributed by atoms with E-state index in [2.05, 4.69) is 27.1 Å². The summed E-state index contributed by atoms with van der Waals surface area (Å²) in [5.41, 5.74) is 1.74. The van der Waals surface area contributed by atoms with Crippen LogP contribution in [0.25, 0.3) is 0 Å². The second-order valence-electron chi connectivity index (χ2n) is 6.18. The van der Waals surface area contributed by atoms with Crippen LogP contribution in [0.2, 0.25) is 0 Å². The number of hydrogen-bond acceptors (Lipinski definition) is 4. The SMILES string of the molecule is CN1CCN(c2cncc(C(=O)NC3CCCC3)c2)CC1. The molecular formula is C16H24N4O. The van der Waals surface area contributed by atoms with E-state index in [0.29, 0.717) is 11.6 Å². The van der Waals surface area contributed by atoms with Gasteiger partial charge in [0, 0.05) is 38.4 Å². The van der Waals surface area contributed by atoms with E-state index in [-0.39, 0.29) is 5.91 Å². The zero-order chi connectivity index (χ0) is 14.7. The molecule has 1 aliphatic heterocycles.